The summed E-state index contributed by atoms with van der Waals surface area (Å²) in [5, 5.41) is 8.73. The van der Waals surface area contributed by atoms with Gasteiger partial charge >= 0.3 is 0 Å². The van der Waals surface area contributed by atoms with E-state index < -0.39 is 0 Å². The molecular formula is C18H30N4O. The average Bonchev–Trinajstić information content (AvgIpc) is 3.16. The zero-order chi connectivity index (χ0) is 16.4. The van der Waals surface area contributed by atoms with Gasteiger partial charge in [0.05, 0.1) is 5.69 Å². The molecule has 23 heavy (non-hydrogen) atoms. The van der Waals surface area contributed by atoms with Gasteiger partial charge in [-0.3, -0.25) is 9.48 Å². The van der Waals surface area contributed by atoms with E-state index in [1.807, 2.05) is 30.4 Å². The van der Waals surface area contributed by atoms with Crippen molar-refractivity contribution in [2.75, 3.05) is 13.1 Å². The van der Waals surface area contributed by atoms with Gasteiger partial charge in [-0.15, -0.1) is 5.10 Å². The lowest BCUT2D eigenvalue weighted by Crippen LogP contribution is -2.46. The molecule has 5 heteroatoms. The number of carbonyl (C=O) groups excluding carboxylic acids is 1. The molecule has 1 aromatic rings. The summed E-state index contributed by atoms with van der Waals surface area (Å²) in [7, 11) is 0. The van der Waals surface area contributed by atoms with E-state index in [0.717, 1.165) is 26.1 Å². The number of hydrogen-bond donors (Lipinski definition) is 0. The molecule has 128 valence electrons. The monoisotopic (exact) mass is 318 g/mol. The molecule has 1 aliphatic carbocycles. The van der Waals surface area contributed by atoms with E-state index >= 15 is 0 Å². The highest BCUT2D eigenvalue weighted by atomic mass is 16.2. The molecule has 2 fully saturated rings. The van der Waals surface area contributed by atoms with Crippen LogP contribution in [0.15, 0.2) is 6.20 Å². The first-order valence-corrected chi connectivity index (χ1v) is 9.13. The van der Waals surface area contributed by atoms with Crippen LogP contribution in [0.4, 0.5) is 0 Å². The summed E-state index contributed by atoms with van der Waals surface area (Å²) < 4.78 is 2.00. The highest BCUT2D eigenvalue weighted by molar-refractivity contribution is 5.81. The first kappa shape index (κ1) is 16.5. The van der Waals surface area contributed by atoms with Crippen LogP contribution in [0.3, 0.4) is 0 Å². The zero-order valence-electron chi connectivity index (χ0n) is 14.8. The molecule has 0 bridgehead atoms. The van der Waals surface area contributed by atoms with E-state index in [4.69, 9.17) is 0 Å². The second kappa shape index (κ2) is 6.62. The van der Waals surface area contributed by atoms with Crippen LogP contribution in [-0.2, 0) is 11.3 Å². The predicted octanol–water partition coefficient (Wildman–Crippen LogP) is 3.22. The summed E-state index contributed by atoms with van der Waals surface area (Å²) in [6.07, 6.45) is 9.57. The number of piperidine rings is 1. The summed E-state index contributed by atoms with van der Waals surface area (Å²) in [6.45, 7) is 8.65. The molecular weight excluding hydrogens is 288 g/mol. The average molecular weight is 318 g/mol. The maximum atomic E-state index is 12.5. The Morgan fingerprint density at radius 2 is 1.96 bits per heavy atom. The van der Waals surface area contributed by atoms with Gasteiger partial charge in [0.15, 0.2) is 0 Å². The number of hydrogen-bond acceptors (Lipinski definition) is 3. The first-order chi connectivity index (χ1) is 10.9. The lowest BCUT2D eigenvalue weighted by Gasteiger charge is -2.36. The largest absolute Gasteiger partial charge is 0.342 e. The molecule has 0 spiro atoms. The van der Waals surface area contributed by atoms with Crippen molar-refractivity contribution in [3.05, 3.63) is 11.9 Å². The topological polar surface area (TPSA) is 51.0 Å². The molecule has 2 heterocycles. The number of likely N-dealkylation sites (tertiary alicyclic amines) is 1. The van der Waals surface area contributed by atoms with E-state index in [2.05, 4.69) is 16.5 Å². The van der Waals surface area contributed by atoms with E-state index in [9.17, 15) is 4.79 Å². The second-order valence-electron chi connectivity index (χ2n) is 8.36. The van der Waals surface area contributed by atoms with E-state index in [-0.39, 0.29) is 11.3 Å². The minimum atomic E-state index is -0.287. The first-order valence-electron chi connectivity index (χ1n) is 9.13. The quantitative estimate of drug-likeness (QED) is 0.860. The Morgan fingerprint density at radius 3 is 2.65 bits per heavy atom. The van der Waals surface area contributed by atoms with Crippen LogP contribution in [0.2, 0.25) is 0 Å². The van der Waals surface area contributed by atoms with Crippen molar-refractivity contribution >= 4 is 5.91 Å². The Labute approximate surface area is 139 Å². The minimum Gasteiger partial charge on any atom is -0.342 e. The van der Waals surface area contributed by atoms with Crippen LogP contribution in [0.1, 0.15) is 70.9 Å². The highest BCUT2D eigenvalue weighted by Crippen LogP contribution is 2.32. The molecule has 2 aliphatic rings. The fourth-order valence-electron chi connectivity index (χ4n) is 3.95. The number of carbonyl (C=O) groups is 1. The summed E-state index contributed by atoms with van der Waals surface area (Å²) in [5.74, 6) is 1.38. The zero-order valence-corrected chi connectivity index (χ0v) is 14.8. The predicted molar refractivity (Wildman–Crippen MR) is 90.0 cm³/mol. The van der Waals surface area contributed by atoms with Gasteiger partial charge in [0.25, 0.3) is 0 Å². The third-order valence-electron chi connectivity index (χ3n) is 5.22. The van der Waals surface area contributed by atoms with Crippen molar-refractivity contribution in [1.29, 1.82) is 0 Å². The molecule has 5 nitrogen and oxygen atoms in total. The normalized spacial score (nSPS) is 23.4. The number of amides is 1. The molecule has 3 rings (SSSR count). The van der Waals surface area contributed by atoms with Gasteiger partial charge in [0.2, 0.25) is 5.91 Å². The maximum absolute atomic E-state index is 12.5. The van der Waals surface area contributed by atoms with Gasteiger partial charge in [-0.25, -0.2) is 0 Å². The molecule has 1 unspecified atom stereocenters. The smallest absolute Gasteiger partial charge is 0.227 e. The number of rotatable bonds is 3. The number of aromatic nitrogens is 3. The van der Waals surface area contributed by atoms with Crippen molar-refractivity contribution < 1.29 is 4.79 Å². The van der Waals surface area contributed by atoms with Gasteiger partial charge in [0.1, 0.15) is 0 Å². The molecule has 1 saturated carbocycles. The van der Waals surface area contributed by atoms with Gasteiger partial charge in [0, 0.05) is 37.2 Å². The van der Waals surface area contributed by atoms with Gasteiger partial charge < -0.3 is 4.90 Å². The fraction of sp³-hybridized carbons (Fsp3) is 0.833. The van der Waals surface area contributed by atoms with Crippen molar-refractivity contribution in [2.45, 2.75) is 71.8 Å². The Balaban J connectivity index is 1.58. The Morgan fingerprint density at radius 1 is 1.22 bits per heavy atom. The van der Waals surface area contributed by atoms with Crippen LogP contribution in [0.25, 0.3) is 0 Å². The van der Waals surface area contributed by atoms with Gasteiger partial charge in [-0.1, -0.05) is 38.8 Å². The van der Waals surface area contributed by atoms with Crippen LogP contribution >= 0.6 is 0 Å². The molecule has 1 aromatic heterocycles. The minimum absolute atomic E-state index is 0.271. The van der Waals surface area contributed by atoms with Crippen LogP contribution in [0.5, 0.6) is 0 Å². The van der Waals surface area contributed by atoms with E-state index in [1.165, 1.54) is 37.8 Å². The SMILES string of the molecule is CC(C)(C)C(=O)N1CCCC(Cn2cc(C3CCCC3)nn2)C1. The van der Waals surface area contributed by atoms with Crippen molar-refractivity contribution in [3.8, 4) is 0 Å². The van der Waals surface area contributed by atoms with Crippen LogP contribution < -0.4 is 0 Å². The standard InChI is InChI=1S/C18H30N4O/c1-18(2,3)17(23)21-10-6-7-14(11-21)12-22-13-16(19-20-22)15-8-4-5-9-15/h13-15H,4-12H2,1-3H3. The summed E-state index contributed by atoms with van der Waals surface area (Å²) in [5.41, 5.74) is 0.881. The maximum Gasteiger partial charge on any atom is 0.227 e. The fourth-order valence-corrected chi connectivity index (χ4v) is 3.95. The third kappa shape index (κ3) is 3.93. The van der Waals surface area contributed by atoms with Crippen molar-refractivity contribution in [2.24, 2.45) is 11.3 Å². The van der Waals surface area contributed by atoms with Gasteiger partial charge in [-0.05, 0) is 31.6 Å². The van der Waals surface area contributed by atoms with E-state index in [1.54, 1.807) is 0 Å². The van der Waals surface area contributed by atoms with Gasteiger partial charge in [-0.2, -0.15) is 0 Å². The Kier molecular flexibility index (Phi) is 4.74. The molecule has 1 saturated heterocycles. The molecule has 1 atom stereocenters. The van der Waals surface area contributed by atoms with Crippen molar-refractivity contribution in [1.82, 2.24) is 19.9 Å². The van der Waals surface area contributed by atoms with E-state index in [0.29, 0.717) is 11.8 Å². The second-order valence-corrected chi connectivity index (χ2v) is 8.36. The molecule has 0 N–H and O–H groups in total. The summed E-state index contributed by atoms with van der Waals surface area (Å²) in [6, 6.07) is 0. The number of nitrogens with zero attached hydrogens (tertiary/aromatic N) is 4. The van der Waals surface area contributed by atoms with Crippen LogP contribution in [-0.4, -0.2) is 38.9 Å². The summed E-state index contributed by atoms with van der Waals surface area (Å²) >= 11 is 0. The molecule has 0 radical (unpaired) electrons. The van der Waals surface area contributed by atoms with Crippen LogP contribution in [0, 0.1) is 11.3 Å². The third-order valence-corrected chi connectivity index (χ3v) is 5.22. The highest BCUT2D eigenvalue weighted by Gasteiger charge is 2.31. The lowest BCUT2D eigenvalue weighted by atomic mass is 9.91. The Hall–Kier alpha value is -1.39. The lowest BCUT2D eigenvalue weighted by molar-refractivity contribution is -0.141. The molecule has 1 amide bonds. The molecule has 1 aliphatic heterocycles. The molecule has 0 aromatic carbocycles. The van der Waals surface area contributed by atoms with Crippen molar-refractivity contribution in [3.63, 3.8) is 0 Å². The summed E-state index contributed by atoms with van der Waals surface area (Å²) in [4.78, 5) is 14.5. The Bertz CT molecular complexity index is 539.